The second kappa shape index (κ2) is 9.92. The van der Waals surface area contributed by atoms with E-state index in [9.17, 15) is 4.79 Å². The zero-order valence-corrected chi connectivity index (χ0v) is 16.9. The van der Waals surface area contributed by atoms with Gasteiger partial charge in [-0.15, -0.1) is 0 Å². The molecule has 0 saturated carbocycles. The molecule has 0 aromatic heterocycles. The van der Waals surface area contributed by atoms with Crippen molar-refractivity contribution in [3.05, 3.63) is 54.1 Å². The summed E-state index contributed by atoms with van der Waals surface area (Å²) in [6, 6.07) is 14.4. The molecule has 2 rings (SSSR count). The maximum atomic E-state index is 12.3. The molecule has 0 bridgehead atoms. The highest BCUT2D eigenvalue weighted by Crippen LogP contribution is 2.17. The SMILES string of the molecule is CCC(C)Oc1ccc(C(=O)NC(=S)Nc2ccc(OC(C)C)cc2)cc1. The van der Waals surface area contributed by atoms with Crippen molar-refractivity contribution in [1.82, 2.24) is 5.32 Å². The fourth-order valence-electron chi connectivity index (χ4n) is 2.23. The first-order chi connectivity index (χ1) is 12.9. The molecular formula is C21H26N2O3S. The summed E-state index contributed by atoms with van der Waals surface area (Å²) in [6.45, 7) is 8.01. The second-order valence-electron chi connectivity index (χ2n) is 6.46. The average molecular weight is 387 g/mol. The molecule has 5 nitrogen and oxygen atoms in total. The molecule has 2 N–H and O–H groups in total. The summed E-state index contributed by atoms with van der Waals surface area (Å²) in [5, 5.41) is 5.89. The number of amides is 1. The van der Waals surface area contributed by atoms with Crippen LogP contribution in [-0.4, -0.2) is 23.2 Å². The van der Waals surface area contributed by atoms with Gasteiger partial charge < -0.3 is 14.8 Å². The van der Waals surface area contributed by atoms with E-state index in [0.717, 1.165) is 23.6 Å². The van der Waals surface area contributed by atoms with Gasteiger partial charge >= 0.3 is 0 Å². The number of rotatable bonds is 7. The molecule has 2 aromatic carbocycles. The summed E-state index contributed by atoms with van der Waals surface area (Å²) in [5.41, 5.74) is 1.28. The Morgan fingerprint density at radius 1 is 0.963 bits per heavy atom. The van der Waals surface area contributed by atoms with Gasteiger partial charge in [0.25, 0.3) is 5.91 Å². The quantitative estimate of drug-likeness (QED) is 0.671. The maximum Gasteiger partial charge on any atom is 0.257 e. The zero-order valence-electron chi connectivity index (χ0n) is 16.1. The van der Waals surface area contributed by atoms with Crippen molar-refractivity contribution in [2.45, 2.75) is 46.3 Å². The van der Waals surface area contributed by atoms with E-state index in [1.165, 1.54) is 0 Å². The summed E-state index contributed by atoms with van der Waals surface area (Å²) < 4.78 is 11.3. The molecule has 1 atom stereocenters. The van der Waals surface area contributed by atoms with Crippen LogP contribution in [0.15, 0.2) is 48.5 Å². The van der Waals surface area contributed by atoms with E-state index in [-0.39, 0.29) is 23.2 Å². The first-order valence-corrected chi connectivity index (χ1v) is 9.44. The minimum atomic E-state index is -0.276. The van der Waals surface area contributed by atoms with E-state index < -0.39 is 0 Å². The number of carbonyl (C=O) groups is 1. The molecule has 1 unspecified atom stereocenters. The zero-order chi connectivity index (χ0) is 19.8. The van der Waals surface area contributed by atoms with Crippen molar-refractivity contribution in [2.24, 2.45) is 0 Å². The van der Waals surface area contributed by atoms with Crippen LogP contribution in [0.4, 0.5) is 5.69 Å². The molecule has 144 valence electrons. The lowest BCUT2D eigenvalue weighted by atomic mass is 10.2. The summed E-state index contributed by atoms with van der Waals surface area (Å²) in [7, 11) is 0. The number of hydrogen-bond donors (Lipinski definition) is 2. The molecule has 0 aliphatic heterocycles. The average Bonchev–Trinajstić information content (AvgIpc) is 2.63. The third kappa shape index (κ3) is 6.90. The van der Waals surface area contributed by atoms with Crippen LogP contribution in [0.3, 0.4) is 0 Å². The van der Waals surface area contributed by atoms with Crippen LogP contribution in [0, 0.1) is 0 Å². The smallest absolute Gasteiger partial charge is 0.257 e. The number of hydrogen-bond acceptors (Lipinski definition) is 4. The van der Waals surface area contributed by atoms with Gasteiger partial charge in [-0.25, -0.2) is 0 Å². The lowest BCUT2D eigenvalue weighted by Gasteiger charge is -2.13. The Kier molecular flexibility index (Phi) is 7.61. The molecule has 1 amide bonds. The molecule has 0 radical (unpaired) electrons. The number of benzene rings is 2. The van der Waals surface area contributed by atoms with Crippen molar-refractivity contribution in [2.75, 3.05) is 5.32 Å². The van der Waals surface area contributed by atoms with Crippen LogP contribution < -0.4 is 20.1 Å². The van der Waals surface area contributed by atoms with Gasteiger partial charge in [0.05, 0.1) is 12.2 Å². The fourth-order valence-corrected chi connectivity index (χ4v) is 2.44. The number of ether oxygens (including phenoxy) is 2. The minimum Gasteiger partial charge on any atom is -0.491 e. The number of anilines is 1. The standard InChI is InChI=1S/C21H26N2O3S/c1-5-15(4)26-19-10-6-16(7-11-19)20(24)23-21(27)22-17-8-12-18(13-9-17)25-14(2)3/h6-15H,5H2,1-4H3,(H2,22,23,24,27). The van der Waals surface area contributed by atoms with Crippen molar-refractivity contribution >= 4 is 28.9 Å². The molecule has 0 saturated heterocycles. The predicted octanol–water partition coefficient (Wildman–Crippen LogP) is 4.78. The first-order valence-electron chi connectivity index (χ1n) is 9.03. The van der Waals surface area contributed by atoms with E-state index >= 15 is 0 Å². The topological polar surface area (TPSA) is 59.6 Å². The Balaban J connectivity index is 1.88. The highest BCUT2D eigenvalue weighted by Gasteiger charge is 2.09. The van der Waals surface area contributed by atoms with Gasteiger partial charge in [-0.3, -0.25) is 10.1 Å². The highest BCUT2D eigenvalue weighted by atomic mass is 32.1. The van der Waals surface area contributed by atoms with Crippen molar-refractivity contribution in [3.8, 4) is 11.5 Å². The molecular weight excluding hydrogens is 360 g/mol. The molecule has 27 heavy (non-hydrogen) atoms. The molecule has 0 spiro atoms. The molecule has 0 aliphatic rings. The van der Waals surface area contributed by atoms with Crippen LogP contribution in [0.1, 0.15) is 44.5 Å². The van der Waals surface area contributed by atoms with Crippen LogP contribution in [0.25, 0.3) is 0 Å². The van der Waals surface area contributed by atoms with E-state index in [2.05, 4.69) is 17.6 Å². The number of carbonyl (C=O) groups excluding carboxylic acids is 1. The lowest BCUT2D eigenvalue weighted by molar-refractivity contribution is 0.0977. The molecule has 0 heterocycles. The van der Waals surface area contributed by atoms with Crippen molar-refractivity contribution in [1.29, 1.82) is 0 Å². The third-order valence-electron chi connectivity index (χ3n) is 3.74. The van der Waals surface area contributed by atoms with Crippen LogP contribution >= 0.6 is 12.2 Å². The Bertz CT molecular complexity index is 758. The Labute approximate surface area is 166 Å². The van der Waals surface area contributed by atoms with Gasteiger partial charge in [-0.05, 0) is 87.9 Å². The maximum absolute atomic E-state index is 12.3. The largest absolute Gasteiger partial charge is 0.491 e. The predicted molar refractivity (Wildman–Crippen MR) is 113 cm³/mol. The number of thiocarbonyl (C=S) groups is 1. The molecule has 6 heteroatoms. The first kappa shape index (κ1) is 20.7. The monoisotopic (exact) mass is 386 g/mol. The minimum absolute atomic E-state index is 0.117. The summed E-state index contributed by atoms with van der Waals surface area (Å²) in [6.07, 6.45) is 1.18. The van der Waals surface area contributed by atoms with Crippen LogP contribution in [0.5, 0.6) is 11.5 Å². The van der Waals surface area contributed by atoms with Crippen molar-refractivity contribution in [3.63, 3.8) is 0 Å². The van der Waals surface area contributed by atoms with E-state index in [4.69, 9.17) is 21.7 Å². The van der Waals surface area contributed by atoms with Crippen molar-refractivity contribution < 1.29 is 14.3 Å². The van der Waals surface area contributed by atoms with Crippen LogP contribution in [0.2, 0.25) is 0 Å². The van der Waals surface area contributed by atoms with Gasteiger partial charge in [0, 0.05) is 11.3 Å². The fraction of sp³-hybridized carbons (Fsp3) is 0.333. The van der Waals surface area contributed by atoms with Gasteiger partial charge in [0.15, 0.2) is 5.11 Å². The molecule has 0 aliphatic carbocycles. The second-order valence-corrected chi connectivity index (χ2v) is 6.87. The van der Waals surface area contributed by atoms with Gasteiger partial charge in [0.1, 0.15) is 11.5 Å². The Morgan fingerprint density at radius 2 is 1.52 bits per heavy atom. The third-order valence-corrected chi connectivity index (χ3v) is 3.94. The van der Waals surface area contributed by atoms with E-state index in [0.29, 0.717) is 5.56 Å². The Hall–Kier alpha value is -2.60. The Morgan fingerprint density at radius 3 is 2.07 bits per heavy atom. The molecule has 0 fully saturated rings. The summed E-state index contributed by atoms with van der Waals surface area (Å²) in [5.74, 6) is 1.25. The van der Waals surface area contributed by atoms with Gasteiger partial charge in [-0.2, -0.15) is 0 Å². The number of nitrogens with one attached hydrogen (secondary N) is 2. The summed E-state index contributed by atoms with van der Waals surface area (Å²) in [4.78, 5) is 12.3. The van der Waals surface area contributed by atoms with Gasteiger partial charge in [0.2, 0.25) is 0 Å². The van der Waals surface area contributed by atoms with E-state index in [1.807, 2.05) is 45.0 Å². The normalized spacial score (nSPS) is 11.6. The molecule has 2 aromatic rings. The summed E-state index contributed by atoms with van der Waals surface area (Å²) >= 11 is 5.21. The van der Waals surface area contributed by atoms with E-state index in [1.54, 1.807) is 24.3 Å². The highest BCUT2D eigenvalue weighted by molar-refractivity contribution is 7.80. The van der Waals surface area contributed by atoms with Gasteiger partial charge in [-0.1, -0.05) is 6.92 Å². The van der Waals surface area contributed by atoms with Crippen LogP contribution in [-0.2, 0) is 0 Å². The lowest BCUT2D eigenvalue weighted by Crippen LogP contribution is -2.34.